The lowest BCUT2D eigenvalue weighted by atomic mass is 10.2. The van der Waals surface area contributed by atoms with Crippen LogP contribution in [0, 0.1) is 25.2 Å². The van der Waals surface area contributed by atoms with E-state index in [1.54, 1.807) is 34.9 Å². The van der Waals surface area contributed by atoms with Gasteiger partial charge in [-0.2, -0.15) is 5.26 Å². The molecule has 0 bridgehead atoms. The van der Waals surface area contributed by atoms with Crippen LogP contribution >= 0.6 is 23.1 Å². The lowest BCUT2D eigenvalue weighted by Gasteiger charge is -2.15. The third kappa shape index (κ3) is 5.77. The van der Waals surface area contributed by atoms with Crippen LogP contribution in [0.3, 0.4) is 0 Å². The van der Waals surface area contributed by atoms with E-state index in [0.717, 1.165) is 10.4 Å². The monoisotopic (exact) mass is 551 g/mol. The zero-order valence-electron chi connectivity index (χ0n) is 20.5. The van der Waals surface area contributed by atoms with Gasteiger partial charge in [-0.05, 0) is 50.1 Å². The topological polar surface area (TPSA) is 118 Å². The molecule has 190 valence electrons. The van der Waals surface area contributed by atoms with Crippen LogP contribution in [0.5, 0.6) is 0 Å². The summed E-state index contributed by atoms with van der Waals surface area (Å²) >= 11 is 2.58. The van der Waals surface area contributed by atoms with Crippen LogP contribution in [0.1, 0.15) is 35.2 Å². The number of aromatic nitrogens is 3. The second kappa shape index (κ2) is 11.3. The minimum absolute atomic E-state index is 0.201. The van der Waals surface area contributed by atoms with Gasteiger partial charge in [0.25, 0.3) is 0 Å². The number of sulfone groups is 1. The van der Waals surface area contributed by atoms with Crippen molar-refractivity contribution in [1.29, 1.82) is 5.26 Å². The molecule has 1 atom stereocenters. The number of nitrogens with one attached hydrogen (secondary N) is 1. The number of anilines is 1. The van der Waals surface area contributed by atoms with Gasteiger partial charge in [-0.15, -0.1) is 21.5 Å². The SMILES string of the molecule is CCC(Sc1nnc(CS(=O)(=O)c2ccccc2)n1-c1ccccc1)C(=O)Nc1sc(C)c(C)c1C#N. The maximum Gasteiger partial charge on any atom is 0.238 e. The highest BCUT2D eigenvalue weighted by Gasteiger charge is 2.27. The zero-order valence-corrected chi connectivity index (χ0v) is 23.0. The predicted molar refractivity (Wildman–Crippen MR) is 146 cm³/mol. The Morgan fingerprint density at radius 3 is 2.38 bits per heavy atom. The molecule has 0 aliphatic rings. The van der Waals surface area contributed by atoms with Crippen molar-refractivity contribution in [1.82, 2.24) is 14.8 Å². The van der Waals surface area contributed by atoms with E-state index in [-0.39, 0.29) is 22.4 Å². The smallest absolute Gasteiger partial charge is 0.238 e. The van der Waals surface area contributed by atoms with E-state index in [1.165, 1.54) is 23.1 Å². The van der Waals surface area contributed by atoms with Crippen molar-refractivity contribution in [3.8, 4) is 11.8 Å². The molecule has 1 N–H and O–H groups in total. The van der Waals surface area contributed by atoms with E-state index in [1.807, 2.05) is 51.1 Å². The van der Waals surface area contributed by atoms with Crippen molar-refractivity contribution in [2.45, 2.75) is 48.2 Å². The minimum Gasteiger partial charge on any atom is -0.316 e. The van der Waals surface area contributed by atoms with Crippen LogP contribution in [0.15, 0.2) is 70.7 Å². The van der Waals surface area contributed by atoms with Gasteiger partial charge in [-0.1, -0.05) is 55.1 Å². The number of nitriles is 1. The number of carbonyl (C=O) groups is 1. The molecule has 37 heavy (non-hydrogen) atoms. The van der Waals surface area contributed by atoms with Gasteiger partial charge in [0.1, 0.15) is 16.8 Å². The fourth-order valence-electron chi connectivity index (χ4n) is 3.68. The maximum atomic E-state index is 13.2. The first kappa shape index (κ1) is 26.6. The number of hydrogen-bond donors (Lipinski definition) is 1. The quantitative estimate of drug-likeness (QED) is 0.280. The van der Waals surface area contributed by atoms with Crippen LogP contribution in [0.2, 0.25) is 0 Å². The molecule has 11 heteroatoms. The number of aryl methyl sites for hydroxylation is 1. The van der Waals surface area contributed by atoms with Gasteiger partial charge in [0.05, 0.1) is 15.7 Å². The summed E-state index contributed by atoms with van der Waals surface area (Å²) < 4.78 is 27.9. The highest BCUT2D eigenvalue weighted by molar-refractivity contribution is 8.00. The Morgan fingerprint density at radius 2 is 1.76 bits per heavy atom. The van der Waals surface area contributed by atoms with Crippen LogP contribution in [-0.4, -0.2) is 34.3 Å². The Labute approximate surface area is 224 Å². The molecule has 0 fully saturated rings. The van der Waals surface area contributed by atoms with Crippen molar-refractivity contribution < 1.29 is 13.2 Å². The van der Waals surface area contributed by atoms with Crippen LogP contribution in [0.4, 0.5) is 5.00 Å². The Hall–Kier alpha value is -3.46. The molecule has 1 amide bonds. The highest BCUT2D eigenvalue weighted by atomic mass is 32.2. The molecule has 0 radical (unpaired) electrons. The first-order valence-electron chi connectivity index (χ1n) is 11.5. The van der Waals surface area contributed by atoms with Crippen molar-refractivity contribution >= 4 is 43.8 Å². The average Bonchev–Trinajstić information content (AvgIpc) is 3.41. The number of amides is 1. The fraction of sp³-hybridized carbons (Fsp3) is 0.231. The number of hydrogen-bond acceptors (Lipinski definition) is 8. The van der Waals surface area contributed by atoms with Gasteiger partial charge in [-0.25, -0.2) is 8.42 Å². The lowest BCUT2D eigenvalue weighted by Crippen LogP contribution is -2.25. The number of nitrogens with zero attached hydrogens (tertiary/aromatic N) is 4. The minimum atomic E-state index is -3.67. The number of carbonyl (C=O) groups excluding carboxylic acids is 1. The molecule has 0 saturated heterocycles. The molecule has 4 rings (SSSR count). The Morgan fingerprint density at radius 1 is 1.11 bits per heavy atom. The third-order valence-electron chi connectivity index (χ3n) is 5.78. The van der Waals surface area contributed by atoms with Crippen molar-refractivity contribution in [2.75, 3.05) is 5.32 Å². The van der Waals surface area contributed by atoms with Crippen LogP contribution < -0.4 is 5.32 Å². The Kier molecular flexibility index (Phi) is 8.12. The second-order valence-electron chi connectivity index (χ2n) is 8.25. The first-order chi connectivity index (χ1) is 17.7. The second-order valence-corrected chi connectivity index (χ2v) is 12.6. The summed E-state index contributed by atoms with van der Waals surface area (Å²) in [6.07, 6.45) is 0.487. The highest BCUT2D eigenvalue weighted by Crippen LogP contribution is 2.34. The number of rotatable bonds is 9. The van der Waals surface area contributed by atoms with Gasteiger partial charge < -0.3 is 5.32 Å². The van der Waals surface area contributed by atoms with Crippen molar-refractivity contribution in [3.05, 3.63) is 82.5 Å². The van der Waals surface area contributed by atoms with E-state index in [9.17, 15) is 18.5 Å². The number of benzene rings is 2. The van der Waals surface area contributed by atoms with E-state index in [4.69, 9.17) is 0 Å². The molecule has 0 spiro atoms. The van der Waals surface area contributed by atoms with Gasteiger partial charge in [0.15, 0.2) is 20.8 Å². The van der Waals surface area contributed by atoms with Gasteiger partial charge >= 0.3 is 0 Å². The Balaban J connectivity index is 1.65. The molecular formula is C26H25N5O3S3. The first-order valence-corrected chi connectivity index (χ1v) is 14.8. The van der Waals surface area contributed by atoms with E-state index >= 15 is 0 Å². The number of thioether (sulfide) groups is 1. The molecule has 2 heterocycles. The van der Waals surface area contributed by atoms with Gasteiger partial charge in [-0.3, -0.25) is 9.36 Å². The largest absolute Gasteiger partial charge is 0.316 e. The van der Waals surface area contributed by atoms with Gasteiger partial charge in [0, 0.05) is 10.6 Å². The van der Waals surface area contributed by atoms with Crippen LogP contribution in [-0.2, 0) is 20.4 Å². The summed E-state index contributed by atoms with van der Waals surface area (Å²) in [5.74, 6) is -0.350. The molecule has 8 nitrogen and oxygen atoms in total. The summed E-state index contributed by atoms with van der Waals surface area (Å²) in [5, 5.41) is 21.3. The predicted octanol–water partition coefficient (Wildman–Crippen LogP) is 5.30. The molecular weight excluding hydrogens is 527 g/mol. The summed E-state index contributed by atoms with van der Waals surface area (Å²) in [7, 11) is -3.67. The Bertz CT molecular complexity index is 1560. The average molecular weight is 552 g/mol. The summed E-state index contributed by atoms with van der Waals surface area (Å²) in [4.78, 5) is 14.4. The van der Waals surface area contributed by atoms with E-state index in [0.29, 0.717) is 27.8 Å². The molecule has 0 aliphatic heterocycles. The molecule has 0 saturated carbocycles. The lowest BCUT2D eigenvalue weighted by molar-refractivity contribution is -0.115. The van der Waals surface area contributed by atoms with E-state index < -0.39 is 15.1 Å². The molecule has 4 aromatic rings. The van der Waals surface area contributed by atoms with E-state index in [2.05, 4.69) is 21.6 Å². The zero-order chi connectivity index (χ0) is 26.6. The van der Waals surface area contributed by atoms with Crippen molar-refractivity contribution in [3.63, 3.8) is 0 Å². The number of thiophene rings is 1. The standard InChI is InChI=1S/C26H25N5O3S3/c1-4-22(24(32)28-25-21(15-27)17(2)18(3)35-25)36-26-30-29-23(31(26)19-11-7-5-8-12-19)16-37(33,34)20-13-9-6-10-14-20/h5-14,22H,4,16H2,1-3H3,(H,28,32). The maximum absolute atomic E-state index is 13.2. The molecule has 2 aromatic heterocycles. The third-order valence-corrected chi connectivity index (χ3v) is 9.84. The molecule has 0 aliphatic carbocycles. The molecule has 1 unspecified atom stereocenters. The number of para-hydroxylation sites is 1. The molecule has 2 aromatic carbocycles. The summed E-state index contributed by atoms with van der Waals surface area (Å²) in [6, 6.07) is 19.6. The van der Waals surface area contributed by atoms with Crippen LogP contribution in [0.25, 0.3) is 5.69 Å². The normalized spacial score (nSPS) is 12.2. The summed E-state index contributed by atoms with van der Waals surface area (Å²) in [6.45, 7) is 5.66. The van der Waals surface area contributed by atoms with Gasteiger partial charge in [0.2, 0.25) is 5.91 Å². The summed E-state index contributed by atoms with van der Waals surface area (Å²) in [5.41, 5.74) is 2.02. The van der Waals surface area contributed by atoms with Crippen molar-refractivity contribution in [2.24, 2.45) is 0 Å². The fourth-order valence-corrected chi connectivity index (χ4v) is 6.95.